The molecule has 1 saturated carbocycles. The molecule has 0 heterocycles. The zero-order valence-electron chi connectivity index (χ0n) is 4.17. The minimum atomic E-state index is -0.431. The Bertz CT molecular complexity index is 64.0. The SMILES string of the molecule is OBB(O)C1CC1. The van der Waals surface area contributed by atoms with Gasteiger partial charge < -0.3 is 10.0 Å². The summed E-state index contributed by atoms with van der Waals surface area (Å²) < 4.78 is 0. The van der Waals surface area contributed by atoms with Gasteiger partial charge in [-0.05, 0) is 5.82 Å². The van der Waals surface area contributed by atoms with Gasteiger partial charge in [0.05, 0.1) is 0 Å². The van der Waals surface area contributed by atoms with Gasteiger partial charge in [-0.2, -0.15) is 0 Å². The fourth-order valence-corrected chi connectivity index (χ4v) is 0.630. The lowest BCUT2D eigenvalue weighted by Crippen LogP contribution is -2.21. The Labute approximate surface area is 43.9 Å². The molecule has 2 N–H and O–H groups in total. The van der Waals surface area contributed by atoms with Gasteiger partial charge in [0.2, 0.25) is 0 Å². The van der Waals surface area contributed by atoms with Crippen LogP contribution in [-0.2, 0) is 0 Å². The van der Waals surface area contributed by atoms with Gasteiger partial charge >= 0.3 is 0 Å². The molecule has 2 nitrogen and oxygen atoms in total. The summed E-state index contributed by atoms with van der Waals surface area (Å²) in [6.45, 7) is -0.431. The molecule has 4 heteroatoms. The monoisotopic (exact) mass is 98.1 g/mol. The lowest BCUT2D eigenvalue weighted by Gasteiger charge is -1.91. The van der Waals surface area contributed by atoms with Gasteiger partial charge in [-0.15, -0.1) is 0 Å². The fourth-order valence-electron chi connectivity index (χ4n) is 0.630. The number of hydrogen-bond donors (Lipinski definition) is 2. The van der Waals surface area contributed by atoms with Crippen molar-refractivity contribution in [2.24, 2.45) is 0 Å². The van der Waals surface area contributed by atoms with Gasteiger partial charge in [-0.1, -0.05) is 12.8 Å². The van der Waals surface area contributed by atoms with Crippen LogP contribution < -0.4 is 0 Å². The van der Waals surface area contributed by atoms with Crippen molar-refractivity contribution in [1.82, 2.24) is 0 Å². The van der Waals surface area contributed by atoms with Crippen LogP contribution in [0.1, 0.15) is 12.8 Å². The van der Waals surface area contributed by atoms with E-state index >= 15 is 0 Å². The summed E-state index contributed by atoms with van der Waals surface area (Å²) in [4.78, 5) is 0. The summed E-state index contributed by atoms with van der Waals surface area (Å²) in [5, 5.41) is 17.0. The fraction of sp³-hybridized carbons (Fsp3) is 1.00. The van der Waals surface area contributed by atoms with Crippen LogP contribution in [0.15, 0.2) is 0 Å². The van der Waals surface area contributed by atoms with Crippen LogP contribution in [0.4, 0.5) is 0 Å². The van der Waals surface area contributed by atoms with E-state index < -0.39 is 6.81 Å². The zero-order valence-corrected chi connectivity index (χ0v) is 4.17. The minimum absolute atomic E-state index is 0.0648. The van der Waals surface area contributed by atoms with E-state index in [9.17, 15) is 0 Å². The minimum Gasteiger partial charge on any atom is -0.459 e. The topological polar surface area (TPSA) is 40.5 Å². The predicted molar refractivity (Wildman–Crippen MR) is 30.3 cm³/mol. The van der Waals surface area contributed by atoms with Crippen molar-refractivity contribution >= 4 is 14.2 Å². The molecule has 0 aromatic carbocycles. The second kappa shape index (κ2) is 1.88. The van der Waals surface area contributed by atoms with E-state index in [0.717, 1.165) is 12.8 Å². The second-order valence-corrected chi connectivity index (χ2v) is 2.09. The largest absolute Gasteiger partial charge is 0.459 e. The van der Waals surface area contributed by atoms with Crippen LogP contribution in [0.2, 0.25) is 5.82 Å². The highest BCUT2D eigenvalue weighted by Gasteiger charge is 2.33. The highest BCUT2D eigenvalue weighted by atomic mass is 16.2. The molecular formula is C3H8B2O2. The van der Waals surface area contributed by atoms with Crippen molar-refractivity contribution in [1.29, 1.82) is 0 Å². The molecule has 0 aromatic rings. The molecule has 0 unspecified atom stereocenters. The first-order valence-corrected chi connectivity index (χ1v) is 2.63. The molecular weight excluding hydrogens is 89.7 g/mol. The smallest absolute Gasteiger partial charge is 0.285 e. The Morgan fingerprint density at radius 3 is 2.29 bits per heavy atom. The standard InChI is InChI=1S/C3H8B2O2/c6-4-5(7)3-1-2-3/h3-4,6-7H,1-2H2. The van der Waals surface area contributed by atoms with Crippen molar-refractivity contribution in [3.8, 4) is 0 Å². The maximum Gasteiger partial charge on any atom is 0.285 e. The van der Waals surface area contributed by atoms with E-state index in [1.54, 1.807) is 0 Å². The van der Waals surface area contributed by atoms with Crippen LogP contribution in [0.3, 0.4) is 0 Å². The molecule has 0 bridgehead atoms. The van der Waals surface area contributed by atoms with Gasteiger partial charge in [0.25, 0.3) is 14.2 Å². The Balaban J connectivity index is 2.10. The predicted octanol–water partition coefficient (Wildman–Crippen LogP) is -1.03. The molecule has 0 aliphatic heterocycles. The molecule has 1 aliphatic carbocycles. The Morgan fingerprint density at radius 1 is 1.57 bits per heavy atom. The van der Waals surface area contributed by atoms with Crippen molar-refractivity contribution in [2.45, 2.75) is 18.7 Å². The van der Waals surface area contributed by atoms with Crippen LogP contribution >= 0.6 is 0 Å². The molecule has 0 aromatic heterocycles. The van der Waals surface area contributed by atoms with Crippen LogP contribution in [0, 0.1) is 0 Å². The first-order chi connectivity index (χ1) is 3.34. The van der Waals surface area contributed by atoms with E-state index in [-0.39, 0.29) is 7.37 Å². The van der Waals surface area contributed by atoms with Gasteiger partial charge in [-0.25, -0.2) is 0 Å². The molecule has 0 spiro atoms. The average Bonchev–Trinajstić information content (AvgIpc) is 2.44. The Morgan fingerprint density at radius 2 is 2.14 bits per heavy atom. The average molecular weight is 97.7 g/mol. The van der Waals surface area contributed by atoms with Gasteiger partial charge in [-0.3, -0.25) is 0 Å². The first-order valence-electron chi connectivity index (χ1n) is 2.63. The summed E-state index contributed by atoms with van der Waals surface area (Å²) >= 11 is 0. The van der Waals surface area contributed by atoms with Crippen molar-refractivity contribution in [3.63, 3.8) is 0 Å². The maximum atomic E-state index is 8.75. The van der Waals surface area contributed by atoms with Crippen molar-refractivity contribution < 1.29 is 10.0 Å². The number of hydrogen-bond acceptors (Lipinski definition) is 2. The normalized spacial score (nSPS) is 19.1. The highest BCUT2D eigenvalue weighted by Crippen LogP contribution is 2.37. The quantitative estimate of drug-likeness (QED) is 0.433. The van der Waals surface area contributed by atoms with Gasteiger partial charge in [0.1, 0.15) is 0 Å². The van der Waals surface area contributed by atoms with Crippen molar-refractivity contribution in [2.75, 3.05) is 0 Å². The zero-order chi connectivity index (χ0) is 5.28. The van der Waals surface area contributed by atoms with Gasteiger partial charge in [0.15, 0.2) is 0 Å². The summed E-state index contributed by atoms with van der Waals surface area (Å²) in [5.74, 6) is 0.421. The molecule has 0 atom stereocenters. The Hall–Kier alpha value is 0.0499. The molecule has 1 rings (SSSR count). The molecule has 7 heavy (non-hydrogen) atoms. The third-order valence-corrected chi connectivity index (χ3v) is 1.35. The number of rotatable bonds is 2. The van der Waals surface area contributed by atoms with E-state index in [1.807, 2.05) is 0 Å². The summed E-state index contributed by atoms with van der Waals surface area (Å²) in [7, 11) is -0.0648. The van der Waals surface area contributed by atoms with Crippen molar-refractivity contribution in [3.05, 3.63) is 0 Å². The van der Waals surface area contributed by atoms with E-state index in [4.69, 9.17) is 10.0 Å². The highest BCUT2D eigenvalue weighted by molar-refractivity contribution is 7.06. The van der Waals surface area contributed by atoms with Crippen LogP contribution in [0.5, 0.6) is 0 Å². The van der Waals surface area contributed by atoms with E-state index in [0.29, 0.717) is 5.82 Å². The molecule has 1 aliphatic rings. The van der Waals surface area contributed by atoms with Crippen LogP contribution in [0.25, 0.3) is 0 Å². The third kappa shape index (κ3) is 1.21. The molecule has 0 amide bonds. The molecule has 1 fully saturated rings. The molecule has 0 radical (unpaired) electrons. The third-order valence-electron chi connectivity index (χ3n) is 1.35. The summed E-state index contributed by atoms with van der Waals surface area (Å²) in [6.07, 6.45) is 2.20. The first kappa shape index (κ1) is 5.19. The molecule has 0 saturated heterocycles. The van der Waals surface area contributed by atoms with Gasteiger partial charge in [0, 0.05) is 0 Å². The van der Waals surface area contributed by atoms with E-state index in [1.165, 1.54) is 0 Å². The molecule has 38 valence electrons. The lowest BCUT2D eigenvalue weighted by atomic mass is 9.39. The van der Waals surface area contributed by atoms with Crippen LogP contribution in [-0.4, -0.2) is 24.2 Å². The maximum absolute atomic E-state index is 8.75. The second-order valence-electron chi connectivity index (χ2n) is 2.09. The summed E-state index contributed by atoms with van der Waals surface area (Å²) in [5.41, 5.74) is 0. The lowest BCUT2D eigenvalue weighted by molar-refractivity contribution is 0.560. The van der Waals surface area contributed by atoms with E-state index in [2.05, 4.69) is 0 Å². The summed E-state index contributed by atoms with van der Waals surface area (Å²) in [6, 6.07) is 0. The Kier molecular flexibility index (Phi) is 1.40.